The third kappa shape index (κ3) is 4.11. The van der Waals surface area contributed by atoms with Crippen LogP contribution in [0.3, 0.4) is 0 Å². The lowest BCUT2D eigenvalue weighted by Crippen LogP contribution is -2.72. The smallest absolute Gasteiger partial charge is 0.413 e. The Balaban J connectivity index is 1.45. The molecule has 196 valence electrons. The molecule has 0 spiro atoms. The number of hydrogen-bond donors (Lipinski definition) is 2. The zero-order valence-electron chi connectivity index (χ0n) is 21.2. The van der Waals surface area contributed by atoms with Crippen molar-refractivity contribution < 1.29 is 29.0 Å². The number of hydrogen-bond acceptors (Lipinski definition) is 7. The molecule has 2 aromatic rings. The zero-order valence-corrected chi connectivity index (χ0v) is 21.9. The number of piperidine rings is 1. The Morgan fingerprint density at radius 1 is 1.24 bits per heavy atom. The van der Waals surface area contributed by atoms with Gasteiger partial charge in [0.2, 0.25) is 0 Å². The predicted molar refractivity (Wildman–Crippen MR) is 138 cm³/mol. The highest BCUT2D eigenvalue weighted by atomic mass is 35.5. The highest BCUT2D eigenvalue weighted by molar-refractivity contribution is 6.31. The topological polar surface area (TPSA) is 105 Å². The minimum absolute atomic E-state index is 0.111. The Morgan fingerprint density at radius 3 is 2.76 bits per heavy atom. The van der Waals surface area contributed by atoms with Crippen LogP contribution in [0.15, 0.2) is 36.4 Å². The SMILES string of the molecule is COc1c(OC(=O)NC(C)C(=O)c2cccc(Cl)c2)ccc2c1[C@]13CCN(C)[C@H](C2)[C@]1(O)CCC(=O)C3. The Morgan fingerprint density at radius 2 is 2.03 bits per heavy atom. The Labute approximate surface area is 220 Å². The molecule has 1 unspecified atom stereocenters. The molecule has 1 saturated carbocycles. The number of amides is 1. The molecule has 2 aliphatic carbocycles. The number of methoxy groups -OCH3 is 1. The highest BCUT2D eigenvalue weighted by Crippen LogP contribution is 2.60. The quantitative estimate of drug-likeness (QED) is 0.572. The van der Waals surface area contributed by atoms with Crippen molar-refractivity contribution >= 4 is 29.3 Å². The number of benzene rings is 2. The zero-order chi connectivity index (χ0) is 26.5. The van der Waals surface area contributed by atoms with Gasteiger partial charge >= 0.3 is 6.09 Å². The number of likely N-dealkylation sites (N-methyl/N-ethyl adjacent to an activating group) is 1. The Kier molecular flexibility index (Phi) is 6.54. The number of ketones is 2. The average molecular weight is 527 g/mol. The van der Waals surface area contributed by atoms with Gasteiger partial charge in [-0.15, -0.1) is 0 Å². The van der Waals surface area contributed by atoms with E-state index >= 15 is 0 Å². The number of carbonyl (C=O) groups is 3. The first-order chi connectivity index (χ1) is 17.6. The molecule has 1 aliphatic heterocycles. The van der Waals surface area contributed by atoms with Crippen LogP contribution in [0.4, 0.5) is 4.79 Å². The van der Waals surface area contributed by atoms with Crippen molar-refractivity contribution in [2.45, 2.75) is 62.1 Å². The van der Waals surface area contributed by atoms with Gasteiger partial charge in [0.15, 0.2) is 17.3 Å². The maximum Gasteiger partial charge on any atom is 0.413 e. The second-order valence-corrected chi connectivity index (χ2v) is 10.9. The maximum absolute atomic E-state index is 12.8. The van der Waals surface area contributed by atoms with Gasteiger partial charge in [0.25, 0.3) is 0 Å². The lowest BCUT2D eigenvalue weighted by atomic mass is 9.49. The molecule has 1 heterocycles. The molecule has 2 aromatic carbocycles. The van der Waals surface area contributed by atoms with Crippen molar-refractivity contribution in [3.05, 3.63) is 58.1 Å². The van der Waals surface area contributed by atoms with Crippen molar-refractivity contribution in [2.24, 2.45) is 0 Å². The average Bonchev–Trinajstić information content (AvgIpc) is 2.86. The van der Waals surface area contributed by atoms with Gasteiger partial charge in [0.05, 0.1) is 18.8 Å². The second-order valence-electron chi connectivity index (χ2n) is 10.4. The van der Waals surface area contributed by atoms with E-state index in [1.165, 1.54) is 7.11 Å². The molecule has 9 heteroatoms. The standard InChI is InChI=1S/C28H31ClN2O6/c1-16(24(33)18-5-4-6-19(29)13-18)30-26(34)37-21-8-7-17-14-22-28(35)10-9-20(32)15-27(28,11-12-31(22)2)23(17)25(21)36-3/h4-8,13,16,22,35H,9-12,14-15H2,1-3H3,(H,30,34)/t16?,22-,27-,28-/m1/s1. The van der Waals surface area contributed by atoms with Crippen LogP contribution in [0.1, 0.15) is 54.1 Å². The van der Waals surface area contributed by atoms with Gasteiger partial charge in [-0.05, 0) is 63.5 Å². The first kappa shape index (κ1) is 25.7. The van der Waals surface area contributed by atoms with Crippen LogP contribution >= 0.6 is 11.6 Å². The maximum atomic E-state index is 12.8. The summed E-state index contributed by atoms with van der Waals surface area (Å²) in [5, 5.41) is 15.1. The molecule has 2 N–H and O–H groups in total. The van der Waals surface area contributed by atoms with E-state index in [4.69, 9.17) is 21.1 Å². The lowest BCUT2D eigenvalue weighted by Gasteiger charge is -2.62. The summed E-state index contributed by atoms with van der Waals surface area (Å²) in [6.45, 7) is 2.30. The van der Waals surface area contributed by atoms with Crippen LogP contribution in [0.5, 0.6) is 11.5 Å². The molecule has 2 bridgehead atoms. The lowest BCUT2D eigenvalue weighted by molar-refractivity contribution is -0.169. The number of nitrogens with zero attached hydrogens (tertiary/aromatic N) is 1. The van der Waals surface area contributed by atoms with Crippen molar-refractivity contribution in [2.75, 3.05) is 20.7 Å². The van der Waals surface area contributed by atoms with Crippen molar-refractivity contribution in [3.63, 3.8) is 0 Å². The molecule has 0 radical (unpaired) electrons. The van der Waals surface area contributed by atoms with Crippen molar-refractivity contribution in [3.8, 4) is 11.5 Å². The number of ether oxygens (including phenoxy) is 2. The first-order valence-electron chi connectivity index (χ1n) is 12.5. The Bertz CT molecular complexity index is 1280. The van der Waals surface area contributed by atoms with Gasteiger partial charge in [-0.1, -0.05) is 29.8 Å². The van der Waals surface area contributed by atoms with Crippen LogP contribution in [0.25, 0.3) is 0 Å². The molecular weight excluding hydrogens is 496 g/mol. The van der Waals surface area contributed by atoms with Crippen LogP contribution in [0, 0.1) is 0 Å². The molecule has 1 amide bonds. The van der Waals surface area contributed by atoms with Crippen LogP contribution < -0.4 is 14.8 Å². The number of aliphatic hydroxyl groups is 1. The van der Waals surface area contributed by atoms with E-state index in [9.17, 15) is 19.5 Å². The molecule has 4 atom stereocenters. The van der Waals surface area contributed by atoms with Crippen molar-refractivity contribution in [1.82, 2.24) is 10.2 Å². The predicted octanol–water partition coefficient (Wildman–Crippen LogP) is 3.69. The summed E-state index contributed by atoms with van der Waals surface area (Å²) in [4.78, 5) is 40.5. The summed E-state index contributed by atoms with van der Waals surface area (Å²) in [7, 11) is 3.51. The molecule has 37 heavy (non-hydrogen) atoms. The number of nitrogens with one attached hydrogen (secondary N) is 1. The number of fused-ring (bicyclic) bond motifs is 1. The molecule has 0 aromatic heterocycles. The number of Topliss-reactive ketones (excluding diaryl/α,β-unsaturated/α-hetero) is 2. The van der Waals surface area contributed by atoms with Crippen LogP contribution in [0.2, 0.25) is 5.02 Å². The molecule has 8 nitrogen and oxygen atoms in total. The monoisotopic (exact) mass is 526 g/mol. The fourth-order valence-corrected chi connectivity index (χ4v) is 6.82. The fourth-order valence-electron chi connectivity index (χ4n) is 6.63. The summed E-state index contributed by atoms with van der Waals surface area (Å²) in [5.41, 5.74) is 0.203. The third-order valence-corrected chi connectivity index (χ3v) is 8.67. The van der Waals surface area contributed by atoms with Gasteiger partial charge in [-0.25, -0.2) is 4.79 Å². The van der Waals surface area contributed by atoms with E-state index in [2.05, 4.69) is 10.2 Å². The fraction of sp³-hybridized carbons (Fsp3) is 0.464. The summed E-state index contributed by atoms with van der Waals surface area (Å²) < 4.78 is 11.4. The Hall–Kier alpha value is -2.94. The van der Waals surface area contributed by atoms with E-state index in [-0.39, 0.29) is 29.8 Å². The minimum Gasteiger partial charge on any atom is -0.493 e. The molecule has 1 saturated heterocycles. The van der Waals surface area contributed by atoms with Gasteiger partial charge in [0, 0.05) is 40.4 Å². The largest absolute Gasteiger partial charge is 0.493 e. The summed E-state index contributed by atoms with van der Waals surface area (Å²) >= 11 is 5.99. The van der Waals surface area contributed by atoms with Crippen molar-refractivity contribution in [1.29, 1.82) is 0 Å². The van der Waals surface area contributed by atoms with E-state index < -0.39 is 23.2 Å². The number of likely N-dealkylation sites (tertiary alicyclic amines) is 1. The first-order valence-corrected chi connectivity index (χ1v) is 12.9. The summed E-state index contributed by atoms with van der Waals surface area (Å²) in [6, 6.07) is 9.09. The highest BCUT2D eigenvalue weighted by Gasteiger charge is 2.65. The summed E-state index contributed by atoms with van der Waals surface area (Å²) in [5.74, 6) is 0.324. The normalized spacial score (nSPS) is 27.5. The van der Waals surface area contributed by atoms with Gasteiger partial charge in [-0.3, -0.25) is 9.59 Å². The number of carbonyl (C=O) groups excluding carboxylic acids is 3. The third-order valence-electron chi connectivity index (χ3n) is 8.43. The molecular formula is C28H31ClN2O6. The van der Waals surface area contributed by atoms with E-state index in [0.29, 0.717) is 42.0 Å². The summed E-state index contributed by atoms with van der Waals surface area (Å²) in [6.07, 6.45) is 1.33. The molecule has 2 fully saturated rings. The van der Waals surface area contributed by atoms with E-state index in [0.717, 1.165) is 17.7 Å². The molecule has 5 rings (SSSR count). The van der Waals surface area contributed by atoms with Crippen LogP contribution in [-0.4, -0.2) is 66.1 Å². The molecule has 3 aliphatic rings. The minimum atomic E-state index is -1.09. The number of rotatable bonds is 5. The van der Waals surface area contributed by atoms with Gasteiger partial charge in [0.1, 0.15) is 5.78 Å². The van der Waals surface area contributed by atoms with Gasteiger partial charge in [-0.2, -0.15) is 0 Å². The number of halogens is 1. The van der Waals surface area contributed by atoms with Gasteiger partial charge < -0.3 is 24.8 Å². The van der Waals surface area contributed by atoms with E-state index in [1.54, 1.807) is 37.3 Å². The second kappa shape index (κ2) is 9.42. The van der Waals surface area contributed by atoms with E-state index in [1.807, 2.05) is 13.1 Å². The van der Waals surface area contributed by atoms with Crippen LogP contribution in [-0.2, 0) is 16.6 Å².